The molecule has 3 aromatic rings. The maximum Gasteiger partial charge on any atom is 0.0495 e. The van der Waals surface area contributed by atoms with Gasteiger partial charge in [-0.1, -0.05) is 54.6 Å². The summed E-state index contributed by atoms with van der Waals surface area (Å²) >= 11 is 0. The molecule has 1 heterocycles. The fourth-order valence-electron chi connectivity index (χ4n) is 3.68. The molecular weight excluding hydrogens is 314 g/mol. The number of hydrogen-bond acceptors (Lipinski definition) is 0. The van der Waals surface area contributed by atoms with Crippen LogP contribution in [-0.2, 0) is 7.05 Å². The Kier molecular flexibility index (Phi) is 4.99. The van der Waals surface area contributed by atoms with Crippen LogP contribution in [0.25, 0.3) is 39.8 Å². The normalized spacial score (nSPS) is 11.9. The summed E-state index contributed by atoms with van der Waals surface area (Å²) in [5, 5.41) is 1.28. The summed E-state index contributed by atoms with van der Waals surface area (Å²) in [7, 11) is 2.14. The first-order chi connectivity index (χ1) is 12.5. The van der Waals surface area contributed by atoms with Gasteiger partial charge < -0.3 is 4.57 Å². The molecule has 0 spiro atoms. The van der Waals surface area contributed by atoms with Gasteiger partial charge in [0.1, 0.15) is 0 Å². The van der Waals surface area contributed by atoms with E-state index in [-0.39, 0.29) is 0 Å². The van der Waals surface area contributed by atoms with Crippen molar-refractivity contribution in [1.82, 2.24) is 4.57 Å². The third-order valence-electron chi connectivity index (χ3n) is 4.98. The number of nitrogens with zero attached hydrogens (tertiary/aromatic N) is 1. The van der Waals surface area contributed by atoms with Crippen molar-refractivity contribution < 1.29 is 0 Å². The van der Waals surface area contributed by atoms with Gasteiger partial charge in [0, 0.05) is 29.2 Å². The first-order valence-corrected chi connectivity index (χ1v) is 9.13. The highest BCUT2D eigenvalue weighted by molar-refractivity contribution is 6.00. The summed E-state index contributed by atoms with van der Waals surface area (Å²) in [5.41, 5.74) is 9.86. The van der Waals surface area contributed by atoms with Crippen LogP contribution < -0.4 is 0 Å². The third-order valence-corrected chi connectivity index (χ3v) is 4.98. The van der Waals surface area contributed by atoms with Gasteiger partial charge in [-0.15, -0.1) is 0 Å². The van der Waals surface area contributed by atoms with E-state index in [1.165, 1.54) is 44.4 Å². The van der Waals surface area contributed by atoms with Crippen molar-refractivity contribution in [3.8, 4) is 11.1 Å². The maximum absolute atomic E-state index is 4.24. The molecule has 0 atom stereocenters. The predicted molar refractivity (Wildman–Crippen MR) is 117 cm³/mol. The summed E-state index contributed by atoms with van der Waals surface area (Å²) in [5.74, 6) is 0. The molecule has 1 nitrogen and oxygen atoms in total. The van der Waals surface area contributed by atoms with Crippen LogP contribution >= 0.6 is 0 Å². The van der Waals surface area contributed by atoms with Crippen molar-refractivity contribution in [2.75, 3.05) is 0 Å². The van der Waals surface area contributed by atoms with Crippen molar-refractivity contribution in [2.45, 2.75) is 27.7 Å². The van der Waals surface area contributed by atoms with E-state index in [9.17, 15) is 0 Å². The zero-order chi connectivity index (χ0) is 18.8. The predicted octanol–water partition coefficient (Wildman–Crippen LogP) is 7.25. The molecule has 0 aliphatic heterocycles. The molecule has 0 aliphatic rings. The standard InChI is InChI=1S/C25H27N/c1-7-11-20-23-15-22(19-14-10-9-13-18(19)5)21(17(3)4)16-25(23)26(6)24(20)12-8-2/h7-16H,3H2,1-2,4-6H3/b11-7-,12-8-. The van der Waals surface area contributed by atoms with E-state index in [1.54, 1.807) is 0 Å². The van der Waals surface area contributed by atoms with E-state index in [0.29, 0.717) is 0 Å². The van der Waals surface area contributed by atoms with E-state index in [1.807, 2.05) is 0 Å². The summed E-state index contributed by atoms with van der Waals surface area (Å²) in [6, 6.07) is 13.2. The molecule has 2 aromatic carbocycles. The van der Waals surface area contributed by atoms with Gasteiger partial charge in [0.25, 0.3) is 0 Å². The zero-order valence-electron chi connectivity index (χ0n) is 16.4. The Morgan fingerprint density at radius 2 is 1.69 bits per heavy atom. The number of fused-ring (bicyclic) bond motifs is 1. The molecule has 132 valence electrons. The number of hydrogen-bond donors (Lipinski definition) is 0. The van der Waals surface area contributed by atoms with Gasteiger partial charge in [-0.3, -0.25) is 0 Å². The summed E-state index contributed by atoms with van der Waals surface area (Å²) in [4.78, 5) is 0. The molecule has 0 N–H and O–H groups in total. The van der Waals surface area contributed by atoms with Gasteiger partial charge in [0.15, 0.2) is 0 Å². The molecule has 1 aromatic heterocycles. The maximum atomic E-state index is 4.24. The monoisotopic (exact) mass is 341 g/mol. The SMILES string of the molecule is C=C(C)c1cc2c(cc1-c1ccccc1C)c(/C=C\C)c(/C=C\C)n2C. The second-order valence-corrected chi connectivity index (χ2v) is 6.87. The minimum absolute atomic E-state index is 1.09. The lowest BCUT2D eigenvalue weighted by Crippen LogP contribution is -1.93. The molecule has 0 saturated heterocycles. The molecule has 0 unspecified atom stereocenters. The van der Waals surface area contributed by atoms with Crippen LogP contribution in [0.1, 0.15) is 43.2 Å². The van der Waals surface area contributed by atoms with Crippen molar-refractivity contribution in [3.05, 3.63) is 77.5 Å². The smallest absolute Gasteiger partial charge is 0.0495 e. The van der Waals surface area contributed by atoms with Crippen LogP contribution in [0.4, 0.5) is 0 Å². The second-order valence-electron chi connectivity index (χ2n) is 6.87. The number of rotatable bonds is 4. The van der Waals surface area contributed by atoms with Gasteiger partial charge >= 0.3 is 0 Å². The Bertz CT molecular complexity index is 1040. The van der Waals surface area contributed by atoms with Crippen molar-refractivity contribution in [2.24, 2.45) is 7.05 Å². The Morgan fingerprint density at radius 3 is 2.31 bits per heavy atom. The third kappa shape index (κ3) is 2.94. The van der Waals surface area contributed by atoms with Crippen molar-refractivity contribution in [3.63, 3.8) is 0 Å². The molecule has 3 rings (SSSR count). The number of allylic oxidation sites excluding steroid dienone is 3. The summed E-state index contributed by atoms with van der Waals surface area (Å²) in [6.07, 6.45) is 8.61. The molecule has 0 aliphatic carbocycles. The lowest BCUT2D eigenvalue weighted by atomic mass is 9.91. The quantitative estimate of drug-likeness (QED) is 0.471. The molecular formula is C25H27N. The fraction of sp³-hybridized carbons (Fsp3) is 0.200. The van der Waals surface area contributed by atoms with Gasteiger partial charge in [0.05, 0.1) is 0 Å². The Hall–Kier alpha value is -2.80. The molecule has 0 bridgehead atoms. The minimum Gasteiger partial charge on any atom is -0.344 e. The Balaban J connectivity index is 2.46. The average Bonchev–Trinajstić information content (AvgIpc) is 2.87. The van der Waals surface area contributed by atoms with Crippen LogP contribution in [0.15, 0.2) is 55.1 Å². The highest BCUT2D eigenvalue weighted by Crippen LogP contribution is 2.37. The first kappa shape index (κ1) is 18.0. The van der Waals surface area contributed by atoms with Gasteiger partial charge in [0.2, 0.25) is 0 Å². The molecule has 1 heteroatoms. The van der Waals surface area contributed by atoms with Crippen LogP contribution in [0.5, 0.6) is 0 Å². The van der Waals surface area contributed by atoms with E-state index in [4.69, 9.17) is 0 Å². The molecule has 0 amide bonds. The van der Waals surface area contributed by atoms with Crippen LogP contribution in [-0.4, -0.2) is 4.57 Å². The summed E-state index contributed by atoms with van der Waals surface area (Å²) in [6.45, 7) is 12.6. The van der Waals surface area contributed by atoms with Crippen LogP contribution in [0.3, 0.4) is 0 Å². The minimum atomic E-state index is 1.09. The summed E-state index contributed by atoms with van der Waals surface area (Å²) < 4.78 is 2.28. The lowest BCUT2D eigenvalue weighted by Gasteiger charge is -2.13. The number of aromatic nitrogens is 1. The highest BCUT2D eigenvalue weighted by Gasteiger charge is 2.16. The average molecular weight is 341 g/mol. The van der Waals surface area contributed by atoms with E-state index >= 15 is 0 Å². The second kappa shape index (κ2) is 7.21. The van der Waals surface area contributed by atoms with Crippen LogP contribution in [0, 0.1) is 6.92 Å². The van der Waals surface area contributed by atoms with Crippen LogP contribution in [0.2, 0.25) is 0 Å². The van der Waals surface area contributed by atoms with Crippen molar-refractivity contribution in [1.29, 1.82) is 0 Å². The molecule has 0 radical (unpaired) electrons. The topological polar surface area (TPSA) is 4.93 Å². The highest BCUT2D eigenvalue weighted by atomic mass is 14.9. The first-order valence-electron chi connectivity index (χ1n) is 9.13. The number of aryl methyl sites for hydroxylation is 2. The van der Waals surface area contributed by atoms with E-state index in [0.717, 1.165) is 5.57 Å². The molecule has 0 fully saturated rings. The largest absolute Gasteiger partial charge is 0.344 e. The zero-order valence-corrected chi connectivity index (χ0v) is 16.4. The van der Waals surface area contributed by atoms with Crippen molar-refractivity contribution >= 4 is 28.6 Å². The van der Waals surface area contributed by atoms with Gasteiger partial charge in [-0.25, -0.2) is 0 Å². The lowest BCUT2D eigenvalue weighted by molar-refractivity contribution is 0.952. The Labute approximate surface area is 157 Å². The van der Waals surface area contributed by atoms with Gasteiger partial charge in [-0.2, -0.15) is 0 Å². The Morgan fingerprint density at radius 1 is 1.00 bits per heavy atom. The van der Waals surface area contributed by atoms with Gasteiger partial charge in [-0.05, 0) is 68.2 Å². The fourth-order valence-corrected chi connectivity index (χ4v) is 3.68. The van der Waals surface area contributed by atoms with E-state index < -0.39 is 0 Å². The molecule has 26 heavy (non-hydrogen) atoms. The van der Waals surface area contributed by atoms with E-state index in [2.05, 4.69) is 107 Å². The molecule has 0 saturated carbocycles. The number of benzene rings is 2.